The van der Waals surface area contributed by atoms with E-state index in [1.54, 1.807) is 18.2 Å². The lowest BCUT2D eigenvalue weighted by Gasteiger charge is -2.12. The van der Waals surface area contributed by atoms with Gasteiger partial charge in [-0.15, -0.1) is 0 Å². The topological polar surface area (TPSA) is 42.0 Å². The summed E-state index contributed by atoms with van der Waals surface area (Å²) >= 11 is 12.2. The van der Waals surface area contributed by atoms with Crippen molar-refractivity contribution in [1.82, 2.24) is 4.98 Å². The Morgan fingerprint density at radius 3 is 2.45 bits per heavy atom. The normalized spacial score (nSPS) is 10.9. The lowest BCUT2D eigenvalue weighted by Crippen LogP contribution is -2.13. The molecule has 4 rings (SSSR count). The number of pyridine rings is 1. The molecular weight excluding hydrogens is 403 g/mol. The molecule has 1 aromatic heterocycles. The van der Waals surface area contributed by atoms with Gasteiger partial charge < -0.3 is 5.32 Å². The third-order valence-corrected chi connectivity index (χ3v) is 5.49. The van der Waals surface area contributed by atoms with Gasteiger partial charge in [0.1, 0.15) is 0 Å². The number of hydrogen-bond donors (Lipinski definition) is 1. The van der Waals surface area contributed by atoms with Crippen LogP contribution in [0.5, 0.6) is 0 Å². The summed E-state index contributed by atoms with van der Waals surface area (Å²) in [6.07, 6.45) is 0. The first kappa shape index (κ1) is 19.4. The van der Waals surface area contributed by atoms with Crippen molar-refractivity contribution in [3.63, 3.8) is 0 Å². The Kier molecular flexibility index (Phi) is 5.27. The van der Waals surface area contributed by atoms with Gasteiger partial charge in [-0.2, -0.15) is 0 Å². The number of anilines is 1. The molecule has 0 spiro atoms. The molecule has 29 heavy (non-hydrogen) atoms. The van der Waals surface area contributed by atoms with Crippen LogP contribution in [0.2, 0.25) is 10.0 Å². The highest BCUT2D eigenvalue weighted by atomic mass is 35.5. The zero-order valence-corrected chi connectivity index (χ0v) is 17.5. The van der Waals surface area contributed by atoms with E-state index < -0.39 is 0 Å². The maximum atomic E-state index is 13.1. The minimum absolute atomic E-state index is 0.252. The molecule has 5 heteroatoms. The van der Waals surface area contributed by atoms with Gasteiger partial charge in [0, 0.05) is 16.0 Å². The van der Waals surface area contributed by atoms with Gasteiger partial charge in [-0.1, -0.05) is 53.5 Å². The molecule has 0 aliphatic rings. The van der Waals surface area contributed by atoms with E-state index in [9.17, 15) is 4.79 Å². The molecule has 0 radical (unpaired) electrons. The molecule has 0 bridgehead atoms. The van der Waals surface area contributed by atoms with Gasteiger partial charge in [-0.25, -0.2) is 4.98 Å². The van der Waals surface area contributed by atoms with E-state index in [-0.39, 0.29) is 5.91 Å². The van der Waals surface area contributed by atoms with Crippen LogP contribution in [0.15, 0.2) is 66.7 Å². The smallest absolute Gasteiger partial charge is 0.256 e. The van der Waals surface area contributed by atoms with Crippen molar-refractivity contribution in [2.75, 3.05) is 5.32 Å². The van der Waals surface area contributed by atoms with Crippen molar-refractivity contribution in [2.45, 2.75) is 13.8 Å². The minimum atomic E-state index is -0.252. The first-order valence-electron chi connectivity index (χ1n) is 9.16. The lowest BCUT2D eigenvalue weighted by molar-refractivity contribution is 0.102. The second kappa shape index (κ2) is 7.86. The van der Waals surface area contributed by atoms with E-state index in [1.807, 2.05) is 36.4 Å². The van der Waals surface area contributed by atoms with Gasteiger partial charge in [-0.3, -0.25) is 4.79 Å². The minimum Gasteiger partial charge on any atom is -0.321 e. The van der Waals surface area contributed by atoms with Crippen molar-refractivity contribution < 1.29 is 4.79 Å². The fraction of sp³-hybridized carbons (Fsp3) is 0.0833. The van der Waals surface area contributed by atoms with E-state index >= 15 is 0 Å². The van der Waals surface area contributed by atoms with Crippen LogP contribution in [0, 0.1) is 13.8 Å². The van der Waals surface area contributed by atoms with Gasteiger partial charge >= 0.3 is 0 Å². The van der Waals surface area contributed by atoms with E-state index in [1.165, 1.54) is 11.1 Å². The standard InChI is InChI=1S/C24H18Cl2N2O/c1-14-7-8-16(11-15(14)2)23-13-19(18-5-3-4-6-21(18)27-23)24(29)28-22-10-9-17(25)12-20(22)26/h3-13H,1-2H3,(H,28,29). The molecule has 3 aromatic carbocycles. The molecule has 0 saturated carbocycles. The summed E-state index contributed by atoms with van der Waals surface area (Å²) in [5.74, 6) is -0.252. The first-order valence-corrected chi connectivity index (χ1v) is 9.92. The molecule has 3 nitrogen and oxygen atoms in total. The summed E-state index contributed by atoms with van der Waals surface area (Å²) in [6.45, 7) is 4.14. The number of fused-ring (bicyclic) bond motifs is 1. The van der Waals surface area contributed by atoms with Crippen LogP contribution in [0.1, 0.15) is 21.5 Å². The van der Waals surface area contributed by atoms with Crippen molar-refractivity contribution in [1.29, 1.82) is 0 Å². The molecule has 144 valence electrons. The molecule has 0 saturated heterocycles. The molecule has 0 unspecified atom stereocenters. The van der Waals surface area contributed by atoms with Crippen molar-refractivity contribution >= 4 is 45.7 Å². The van der Waals surface area contributed by atoms with Gasteiger partial charge in [0.15, 0.2) is 0 Å². The Morgan fingerprint density at radius 1 is 0.897 bits per heavy atom. The Labute approximate surface area is 179 Å². The Bertz CT molecular complexity index is 1250. The predicted octanol–water partition coefficient (Wildman–Crippen LogP) is 7.08. The van der Waals surface area contributed by atoms with Crippen molar-refractivity contribution in [2.24, 2.45) is 0 Å². The van der Waals surface area contributed by atoms with E-state index in [0.717, 1.165) is 22.2 Å². The van der Waals surface area contributed by atoms with Crippen LogP contribution < -0.4 is 5.32 Å². The summed E-state index contributed by atoms with van der Waals surface area (Å²) < 4.78 is 0. The van der Waals surface area contributed by atoms with Crippen LogP contribution in [0.25, 0.3) is 22.2 Å². The maximum absolute atomic E-state index is 13.1. The molecule has 0 fully saturated rings. The first-order chi connectivity index (χ1) is 13.9. The second-order valence-electron chi connectivity index (χ2n) is 6.95. The van der Waals surface area contributed by atoms with Gasteiger partial charge in [-0.05, 0) is 61.4 Å². The number of rotatable bonds is 3. The predicted molar refractivity (Wildman–Crippen MR) is 121 cm³/mol. The number of nitrogens with zero attached hydrogens (tertiary/aromatic N) is 1. The number of para-hydroxylation sites is 1. The highest BCUT2D eigenvalue weighted by Gasteiger charge is 2.15. The average Bonchev–Trinajstić information content (AvgIpc) is 2.71. The SMILES string of the molecule is Cc1ccc(-c2cc(C(=O)Nc3ccc(Cl)cc3Cl)c3ccccc3n2)cc1C. The molecule has 0 aliphatic heterocycles. The number of carbonyl (C=O) groups excluding carboxylic acids is 1. The monoisotopic (exact) mass is 420 g/mol. The number of amides is 1. The zero-order valence-electron chi connectivity index (χ0n) is 16.0. The maximum Gasteiger partial charge on any atom is 0.256 e. The summed E-state index contributed by atoms with van der Waals surface area (Å²) in [6, 6.07) is 20.6. The Balaban J connectivity index is 1.82. The number of benzene rings is 3. The van der Waals surface area contributed by atoms with Crippen molar-refractivity contribution in [3.05, 3.63) is 93.5 Å². The van der Waals surface area contributed by atoms with Crippen LogP contribution >= 0.6 is 23.2 Å². The van der Waals surface area contributed by atoms with Crippen LogP contribution in [0.3, 0.4) is 0 Å². The number of halogens is 2. The number of nitrogens with one attached hydrogen (secondary N) is 1. The summed E-state index contributed by atoms with van der Waals surface area (Å²) in [7, 11) is 0. The highest BCUT2D eigenvalue weighted by molar-refractivity contribution is 6.37. The van der Waals surface area contributed by atoms with E-state index in [4.69, 9.17) is 28.2 Å². The van der Waals surface area contributed by atoms with Crippen LogP contribution in [-0.2, 0) is 0 Å². The number of carbonyl (C=O) groups is 1. The van der Waals surface area contributed by atoms with Gasteiger partial charge in [0.05, 0.1) is 27.5 Å². The lowest BCUT2D eigenvalue weighted by atomic mass is 10.0. The van der Waals surface area contributed by atoms with Crippen molar-refractivity contribution in [3.8, 4) is 11.3 Å². The largest absolute Gasteiger partial charge is 0.321 e. The summed E-state index contributed by atoms with van der Waals surface area (Å²) in [4.78, 5) is 17.9. The van der Waals surface area contributed by atoms with Crippen LogP contribution in [-0.4, -0.2) is 10.9 Å². The molecule has 1 amide bonds. The molecule has 1 N–H and O–H groups in total. The quantitative estimate of drug-likeness (QED) is 0.384. The molecule has 4 aromatic rings. The number of aromatic nitrogens is 1. The fourth-order valence-corrected chi connectivity index (χ4v) is 3.65. The highest BCUT2D eigenvalue weighted by Crippen LogP contribution is 2.29. The van der Waals surface area contributed by atoms with Crippen LogP contribution in [0.4, 0.5) is 5.69 Å². The third-order valence-electron chi connectivity index (χ3n) is 4.94. The number of hydrogen-bond acceptors (Lipinski definition) is 2. The molecule has 0 aliphatic carbocycles. The number of aryl methyl sites for hydroxylation is 2. The fourth-order valence-electron chi connectivity index (χ4n) is 3.19. The zero-order chi connectivity index (χ0) is 20.5. The van der Waals surface area contributed by atoms with E-state index in [2.05, 4.69) is 31.3 Å². The molecule has 0 atom stereocenters. The average molecular weight is 421 g/mol. The summed E-state index contributed by atoms with van der Waals surface area (Å²) in [5.41, 5.74) is 5.91. The van der Waals surface area contributed by atoms with Gasteiger partial charge in [0.25, 0.3) is 5.91 Å². The van der Waals surface area contributed by atoms with E-state index in [0.29, 0.717) is 21.3 Å². The van der Waals surface area contributed by atoms with Gasteiger partial charge in [0.2, 0.25) is 0 Å². The Hall–Kier alpha value is -2.88. The Morgan fingerprint density at radius 2 is 1.69 bits per heavy atom. The summed E-state index contributed by atoms with van der Waals surface area (Å²) in [5, 5.41) is 4.57. The third kappa shape index (κ3) is 3.98. The second-order valence-corrected chi connectivity index (χ2v) is 7.79. The molecule has 1 heterocycles. The molecular formula is C24H18Cl2N2O.